The lowest BCUT2D eigenvalue weighted by Crippen LogP contribution is -2.29. The molecule has 0 aliphatic carbocycles. The van der Waals surface area contributed by atoms with E-state index in [4.69, 9.17) is 4.74 Å². The molecule has 0 saturated carbocycles. The highest BCUT2D eigenvalue weighted by molar-refractivity contribution is 5.76. The van der Waals surface area contributed by atoms with Gasteiger partial charge in [-0.25, -0.2) is 0 Å². The highest BCUT2D eigenvalue weighted by Gasteiger charge is 2.29. The second-order valence-corrected chi connectivity index (χ2v) is 8.57. The third-order valence-corrected chi connectivity index (χ3v) is 5.27. The molecule has 0 N–H and O–H groups in total. The summed E-state index contributed by atoms with van der Waals surface area (Å²) in [4.78, 5) is 12.3. The van der Waals surface area contributed by atoms with E-state index < -0.39 is 5.41 Å². The van der Waals surface area contributed by atoms with Crippen LogP contribution in [-0.4, -0.2) is 12.6 Å². The van der Waals surface area contributed by atoms with Crippen LogP contribution in [0, 0.1) is 5.41 Å². The van der Waals surface area contributed by atoms with Crippen molar-refractivity contribution in [2.45, 2.75) is 104 Å². The fourth-order valence-electron chi connectivity index (χ4n) is 3.48. The van der Waals surface area contributed by atoms with Crippen molar-refractivity contribution in [3.63, 3.8) is 0 Å². The number of unbranched alkanes of at least 4 members (excludes halogenated alkanes) is 11. The first kappa shape index (κ1) is 23.7. The van der Waals surface area contributed by atoms with E-state index in [-0.39, 0.29) is 5.97 Å². The maximum absolute atomic E-state index is 12.3. The minimum atomic E-state index is -0.460. The molecule has 27 heavy (non-hydrogen) atoms. The van der Waals surface area contributed by atoms with E-state index in [0.29, 0.717) is 6.61 Å². The lowest BCUT2D eigenvalue weighted by Gasteiger charge is -2.22. The Hall–Kier alpha value is -1.31. The molecule has 1 aromatic carbocycles. The first-order chi connectivity index (χ1) is 13.1. The number of hydrogen-bond donors (Lipinski definition) is 0. The van der Waals surface area contributed by atoms with Crippen molar-refractivity contribution in [2.24, 2.45) is 5.41 Å². The quantitative estimate of drug-likeness (QED) is 0.221. The van der Waals surface area contributed by atoms with Crippen LogP contribution in [0.15, 0.2) is 30.3 Å². The Kier molecular flexibility index (Phi) is 12.9. The summed E-state index contributed by atoms with van der Waals surface area (Å²) in [5.41, 5.74) is 0.725. The molecular formula is C25H42O2. The number of carbonyl (C=O) groups excluding carboxylic acids is 1. The summed E-state index contributed by atoms with van der Waals surface area (Å²) in [5.74, 6) is -0.0746. The molecule has 0 aromatic heterocycles. The third-order valence-electron chi connectivity index (χ3n) is 5.27. The van der Waals surface area contributed by atoms with Crippen LogP contribution in [-0.2, 0) is 16.0 Å². The lowest BCUT2D eigenvalue weighted by atomic mass is 9.86. The molecule has 0 amide bonds. The average Bonchev–Trinajstić information content (AvgIpc) is 2.65. The fourth-order valence-corrected chi connectivity index (χ4v) is 3.48. The van der Waals surface area contributed by atoms with Gasteiger partial charge in [0, 0.05) is 0 Å². The van der Waals surface area contributed by atoms with Crippen molar-refractivity contribution in [3.8, 4) is 0 Å². The first-order valence-corrected chi connectivity index (χ1v) is 11.3. The van der Waals surface area contributed by atoms with Crippen LogP contribution >= 0.6 is 0 Å². The van der Waals surface area contributed by atoms with Crippen LogP contribution in [0.1, 0.15) is 103 Å². The van der Waals surface area contributed by atoms with Crippen molar-refractivity contribution in [1.82, 2.24) is 0 Å². The van der Waals surface area contributed by atoms with E-state index in [1.165, 1.54) is 76.2 Å². The Morgan fingerprint density at radius 3 is 1.78 bits per heavy atom. The first-order valence-electron chi connectivity index (χ1n) is 11.3. The molecule has 0 fully saturated rings. The molecule has 2 nitrogen and oxygen atoms in total. The number of rotatable bonds is 16. The highest BCUT2D eigenvalue weighted by Crippen LogP contribution is 2.23. The molecule has 1 aromatic rings. The summed E-state index contributed by atoms with van der Waals surface area (Å²) in [6.07, 6.45) is 16.6. The van der Waals surface area contributed by atoms with Crippen molar-refractivity contribution >= 4 is 5.97 Å². The summed E-state index contributed by atoms with van der Waals surface area (Å²) in [5, 5.41) is 0. The van der Waals surface area contributed by atoms with Gasteiger partial charge in [0.1, 0.15) is 0 Å². The van der Waals surface area contributed by atoms with Gasteiger partial charge in [-0.15, -0.1) is 0 Å². The minimum Gasteiger partial charge on any atom is -0.465 e. The van der Waals surface area contributed by atoms with Gasteiger partial charge >= 0.3 is 5.97 Å². The highest BCUT2D eigenvalue weighted by atomic mass is 16.5. The van der Waals surface area contributed by atoms with E-state index in [1.54, 1.807) is 0 Å². The van der Waals surface area contributed by atoms with Crippen LogP contribution in [0.5, 0.6) is 0 Å². The van der Waals surface area contributed by atoms with Crippen LogP contribution in [0.3, 0.4) is 0 Å². The number of benzene rings is 1. The second-order valence-electron chi connectivity index (χ2n) is 8.57. The molecule has 0 radical (unpaired) electrons. The fraction of sp³-hybridized carbons (Fsp3) is 0.720. The van der Waals surface area contributed by atoms with Crippen molar-refractivity contribution in [1.29, 1.82) is 0 Å². The Balaban J connectivity index is 1.97. The molecule has 0 bridgehead atoms. The Bertz CT molecular complexity index is 478. The van der Waals surface area contributed by atoms with E-state index in [0.717, 1.165) is 12.8 Å². The molecule has 0 heterocycles. The molecule has 0 spiro atoms. The monoisotopic (exact) mass is 374 g/mol. The Morgan fingerprint density at radius 2 is 1.26 bits per heavy atom. The zero-order valence-corrected chi connectivity index (χ0v) is 18.1. The van der Waals surface area contributed by atoms with Gasteiger partial charge in [-0.1, -0.05) is 108 Å². The summed E-state index contributed by atoms with van der Waals surface area (Å²) in [6, 6.07) is 10.2. The number of ether oxygens (including phenoxy) is 1. The van der Waals surface area contributed by atoms with E-state index in [2.05, 4.69) is 19.1 Å². The van der Waals surface area contributed by atoms with Gasteiger partial charge in [-0.3, -0.25) is 4.79 Å². The Morgan fingerprint density at radius 1 is 0.778 bits per heavy atom. The molecular weight excluding hydrogens is 332 g/mol. The summed E-state index contributed by atoms with van der Waals surface area (Å²) in [7, 11) is 0. The van der Waals surface area contributed by atoms with Gasteiger partial charge in [0.05, 0.1) is 12.0 Å². The molecule has 0 aliphatic rings. The van der Waals surface area contributed by atoms with Crippen molar-refractivity contribution in [3.05, 3.63) is 35.9 Å². The third kappa shape index (κ3) is 11.9. The largest absolute Gasteiger partial charge is 0.465 e. The molecule has 0 unspecified atom stereocenters. The maximum atomic E-state index is 12.3. The number of carbonyl (C=O) groups is 1. The summed E-state index contributed by atoms with van der Waals surface area (Å²) < 4.78 is 5.53. The normalized spacial score (nSPS) is 11.5. The average molecular weight is 375 g/mol. The van der Waals surface area contributed by atoms with Crippen LogP contribution in [0.25, 0.3) is 0 Å². The van der Waals surface area contributed by atoms with Crippen LogP contribution in [0.4, 0.5) is 0 Å². The van der Waals surface area contributed by atoms with Gasteiger partial charge in [0.15, 0.2) is 0 Å². The molecule has 154 valence electrons. The minimum absolute atomic E-state index is 0.0746. The molecule has 2 heteroatoms. The lowest BCUT2D eigenvalue weighted by molar-refractivity contribution is -0.154. The molecule has 1 rings (SSSR count). The summed E-state index contributed by atoms with van der Waals surface area (Å²) in [6.45, 7) is 6.79. The van der Waals surface area contributed by atoms with Crippen LogP contribution in [0.2, 0.25) is 0 Å². The van der Waals surface area contributed by atoms with E-state index in [1.807, 2.05) is 32.0 Å². The predicted molar refractivity (Wildman–Crippen MR) is 116 cm³/mol. The van der Waals surface area contributed by atoms with E-state index in [9.17, 15) is 4.79 Å². The molecule has 0 aliphatic heterocycles. The molecule has 0 saturated heterocycles. The van der Waals surface area contributed by atoms with E-state index >= 15 is 0 Å². The topological polar surface area (TPSA) is 26.3 Å². The number of esters is 1. The zero-order valence-electron chi connectivity index (χ0n) is 18.1. The standard InChI is InChI=1S/C25H42O2/c1-4-5-6-7-8-9-10-11-12-13-14-18-21-27-24(26)25(2,3)22-23-19-16-15-17-20-23/h15-17,19-20H,4-14,18,21-22H2,1-3H3. The van der Waals surface area contributed by atoms with Gasteiger partial charge < -0.3 is 4.74 Å². The predicted octanol–water partition coefficient (Wildman–Crippen LogP) is 7.50. The summed E-state index contributed by atoms with van der Waals surface area (Å²) >= 11 is 0. The van der Waals surface area contributed by atoms with Gasteiger partial charge in [0.2, 0.25) is 0 Å². The maximum Gasteiger partial charge on any atom is 0.311 e. The second kappa shape index (κ2) is 14.7. The van der Waals surface area contributed by atoms with Crippen molar-refractivity contribution in [2.75, 3.05) is 6.61 Å². The Labute approximate surface area is 168 Å². The number of hydrogen-bond acceptors (Lipinski definition) is 2. The van der Waals surface area contributed by atoms with Gasteiger partial charge in [-0.2, -0.15) is 0 Å². The zero-order chi connectivity index (χ0) is 19.8. The van der Waals surface area contributed by atoms with Crippen molar-refractivity contribution < 1.29 is 9.53 Å². The smallest absolute Gasteiger partial charge is 0.311 e. The van der Waals surface area contributed by atoms with Crippen LogP contribution < -0.4 is 0 Å². The SMILES string of the molecule is CCCCCCCCCCCCCCOC(=O)C(C)(C)Cc1ccccc1. The molecule has 0 atom stereocenters. The van der Waals surface area contributed by atoms with Gasteiger partial charge in [0.25, 0.3) is 0 Å². The van der Waals surface area contributed by atoms with Gasteiger partial charge in [-0.05, 0) is 32.3 Å².